The van der Waals surface area contributed by atoms with E-state index in [-0.39, 0.29) is 23.8 Å². The first-order valence-corrected chi connectivity index (χ1v) is 10.6. The van der Waals surface area contributed by atoms with Crippen LogP contribution in [0.1, 0.15) is 57.8 Å². The summed E-state index contributed by atoms with van der Waals surface area (Å²) in [5.41, 5.74) is -0.379. The number of aliphatic hydroxyl groups excluding tert-OH is 2. The van der Waals surface area contributed by atoms with E-state index in [0.29, 0.717) is 38.5 Å². The summed E-state index contributed by atoms with van der Waals surface area (Å²) in [5, 5.41) is 32.8. The highest BCUT2D eigenvalue weighted by Crippen LogP contribution is 2.36. The Kier molecular flexibility index (Phi) is 7.19. The molecule has 30 heavy (non-hydrogen) atoms. The molecule has 0 aromatic rings. The highest BCUT2D eigenvalue weighted by molar-refractivity contribution is 5.98. The van der Waals surface area contributed by atoms with Gasteiger partial charge in [-0.25, -0.2) is 4.79 Å². The summed E-state index contributed by atoms with van der Waals surface area (Å²) < 4.78 is 5.38. The molecular weight excluding hydrogens is 394 g/mol. The van der Waals surface area contributed by atoms with E-state index in [1.165, 1.54) is 9.80 Å². The van der Waals surface area contributed by atoms with E-state index in [1.54, 1.807) is 7.11 Å². The predicted molar refractivity (Wildman–Crippen MR) is 105 cm³/mol. The van der Waals surface area contributed by atoms with Gasteiger partial charge in [-0.15, -0.1) is 0 Å². The first kappa shape index (κ1) is 22.4. The van der Waals surface area contributed by atoms with Crippen molar-refractivity contribution in [3.63, 3.8) is 0 Å². The minimum atomic E-state index is -1.62. The van der Waals surface area contributed by atoms with E-state index < -0.39 is 36.6 Å². The number of carboxylic acid groups (broad SMARTS) is 1. The van der Waals surface area contributed by atoms with Crippen molar-refractivity contribution in [3.8, 4) is 0 Å². The number of aliphatic hydroxyl groups is 2. The Labute approximate surface area is 175 Å². The molecule has 1 aliphatic heterocycles. The van der Waals surface area contributed by atoms with Crippen LogP contribution in [0.4, 0.5) is 4.79 Å². The van der Waals surface area contributed by atoms with Crippen LogP contribution in [0.25, 0.3) is 0 Å². The van der Waals surface area contributed by atoms with Crippen LogP contribution in [0.5, 0.6) is 0 Å². The van der Waals surface area contributed by atoms with Crippen molar-refractivity contribution in [2.24, 2.45) is 0 Å². The highest BCUT2D eigenvalue weighted by Gasteiger charge is 2.47. The number of nitrogens with zero attached hydrogens (tertiary/aromatic N) is 2. The van der Waals surface area contributed by atoms with E-state index in [9.17, 15) is 24.6 Å². The highest BCUT2D eigenvalue weighted by atomic mass is 16.5. The largest absolute Gasteiger partial charge is 0.494 e. The van der Waals surface area contributed by atoms with Crippen LogP contribution in [-0.4, -0.2) is 81.1 Å². The Morgan fingerprint density at radius 1 is 1.07 bits per heavy atom. The van der Waals surface area contributed by atoms with Crippen LogP contribution in [0.15, 0.2) is 11.5 Å². The molecule has 2 saturated carbocycles. The smallest absolute Gasteiger partial charge is 0.329 e. The van der Waals surface area contributed by atoms with Gasteiger partial charge in [0.05, 0.1) is 6.10 Å². The Bertz CT molecular complexity index is 697. The monoisotopic (exact) mass is 425 g/mol. The lowest BCUT2D eigenvalue weighted by Crippen LogP contribution is -2.61. The number of carbonyl (C=O) groups is 3. The minimum absolute atomic E-state index is 0.0886. The molecule has 4 N–H and O–H groups in total. The van der Waals surface area contributed by atoms with Crippen LogP contribution in [-0.2, 0) is 14.3 Å². The number of hydrogen-bond donors (Lipinski definition) is 4. The second kappa shape index (κ2) is 9.65. The molecule has 3 amide bonds. The number of carbonyl (C=O) groups excluding carboxylic acids is 2. The number of hydrogen-bond acceptors (Lipinski definition) is 6. The molecule has 0 aromatic carbocycles. The zero-order valence-corrected chi connectivity index (χ0v) is 17.2. The molecule has 3 rings (SSSR count). The van der Waals surface area contributed by atoms with Gasteiger partial charge in [0.25, 0.3) is 5.91 Å². The molecule has 168 valence electrons. The molecule has 0 bridgehead atoms. The van der Waals surface area contributed by atoms with Crippen LogP contribution in [0.3, 0.4) is 0 Å². The molecule has 1 unspecified atom stereocenters. The maximum Gasteiger partial charge on any atom is 0.329 e. The van der Waals surface area contributed by atoms with E-state index >= 15 is 0 Å². The summed E-state index contributed by atoms with van der Waals surface area (Å²) in [5.74, 6) is -2.74. The molecular formula is C20H31N3O7. The molecule has 10 heteroatoms. The number of methoxy groups -OCH3 is 1. The molecule has 3 aliphatic rings. The van der Waals surface area contributed by atoms with Crippen molar-refractivity contribution in [1.29, 1.82) is 0 Å². The summed E-state index contributed by atoms with van der Waals surface area (Å²) in [6, 6.07) is -1.08. The van der Waals surface area contributed by atoms with Gasteiger partial charge in [-0.05, 0) is 38.5 Å². The minimum Gasteiger partial charge on any atom is -0.494 e. The van der Waals surface area contributed by atoms with E-state index in [4.69, 9.17) is 9.84 Å². The summed E-state index contributed by atoms with van der Waals surface area (Å²) >= 11 is 0. The van der Waals surface area contributed by atoms with E-state index in [1.807, 2.05) is 0 Å². The maximum atomic E-state index is 13.4. The van der Waals surface area contributed by atoms with Crippen LogP contribution in [0, 0.1) is 0 Å². The van der Waals surface area contributed by atoms with Crippen molar-refractivity contribution in [2.75, 3.05) is 13.7 Å². The maximum absolute atomic E-state index is 13.4. The van der Waals surface area contributed by atoms with Gasteiger partial charge in [-0.3, -0.25) is 19.4 Å². The standard InChI is InChI=1S/C20H31N3O7/c1-30-14-9-7-13(8-10-14)23-19(28)16(17(26)21-11-15(24)25)18(27)22(20(23)29)12-5-3-2-4-6-12/h12-14,18,27-28H,2-11H2,1H3,(H,21,26)(H,24,25). The molecule has 10 nitrogen and oxygen atoms in total. The lowest BCUT2D eigenvalue weighted by molar-refractivity contribution is -0.138. The zero-order chi connectivity index (χ0) is 21.8. The number of nitrogens with one attached hydrogen (secondary N) is 1. The SMILES string of the molecule is COC1CCC(N2C(=O)N(C3CCCCC3)C(O)C(C(=O)NCC(=O)O)=C2O)CC1. The van der Waals surface area contributed by atoms with Crippen molar-refractivity contribution in [2.45, 2.75) is 82.2 Å². The van der Waals surface area contributed by atoms with Gasteiger partial charge in [0.15, 0.2) is 6.23 Å². The Hall–Kier alpha value is -2.33. The molecule has 0 spiro atoms. The molecule has 1 atom stereocenters. The van der Waals surface area contributed by atoms with Gasteiger partial charge in [-0.2, -0.15) is 0 Å². The lowest BCUT2D eigenvalue weighted by Gasteiger charge is -2.47. The second-order valence-corrected chi connectivity index (χ2v) is 8.21. The fourth-order valence-corrected chi connectivity index (χ4v) is 4.76. The van der Waals surface area contributed by atoms with Gasteiger partial charge in [0, 0.05) is 19.2 Å². The molecule has 2 aliphatic carbocycles. The van der Waals surface area contributed by atoms with Gasteiger partial charge >= 0.3 is 12.0 Å². The number of amides is 3. The molecule has 0 saturated heterocycles. The van der Waals surface area contributed by atoms with E-state index in [0.717, 1.165) is 19.3 Å². The number of urea groups is 1. The van der Waals surface area contributed by atoms with Crippen molar-refractivity contribution >= 4 is 17.9 Å². The third-order valence-corrected chi connectivity index (χ3v) is 6.37. The van der Waals surface area contributed by atoms with Crippen molar-refractivity contribution in [3.05, 3.63) is 11.5 Å². The third kappa shape index (κ3) is 4.54. The number of rotatable bonds is 6. The molecule has 2 fully saturated rings. The van der Waals surface area contributed by atoms with Gasteiger partial charge < -0.3 is 25.4 Å². The van der Waals surface area contributed by atoms with Crippen LogP contribution >= 0.6 is 0 Å². The Morgan fingerprint density at radius 3 is 2.27 bits per heavy atom. The predicted octanol–water partition coefficient (Wildman–Crippen LogP) is 1.30. The first-order valence-electron chi connectivity index (χ1n) is 10.6. The average molecular weight is 425 g/mol. The Morgan fingerprint density at radius 2 is 1.70 bits per heavy atom. The topological polar surface area (TPSA) is 140 Å². The summed E-state index contributed by atoms with van der Waals surface area (Å²) in [4.78, 5) is 39.4. The van der Waals surface area contributed by atoms with E-state index in [2.05, 4.69) is 5.32 Å². The van der Waals surface area contributed by atoms with Crippen LogP contribution < -0.4 is 5.32 Å². The summed E-state index contributed by atoms with van der Waals surface area (Å²) in [6.45, 7) is -0.654. The van der Waals surface area contributed by atoms with Gasteiger partial charge in [-0.1, -0.05) is 19.3 Å². The Balaban J connectivity index is 1.92. The average Bonchev–Trinajstić information content (AvgIpc) is 2.73. The summed E-state index contributed by atoms with van der Waals surface area (Å²) in [7, 11) is 1.64. The quantitative estimate of drug-likeness (QED) is 0.503. The molecule has 0 aromatic heterocycles. The number of carboxylic acids is 1. The number of ether oxygens (including phenoxy) is 1. The van der Waals surface area contributed by atoms with Crippen molar-refractivity contribution < 1.29 is 34.4 Å². The third-order valence-electron chi connectivity index (χ3n) is 6.37. The fourth-order valence-electron chi connectivity index (χ4n) is 4.76. The van der Waals surface area contributed by atoms with Gasteiger partial charge in [0.1, 0.15) is 12.1 Å². The second-order valence-electron chi connectivity index (χ2n) is 8.21. The lowest BCUT2D eigenvalue weighted by atomic mass is 9.90. The zero-order valence-electron chi connectivity index (χ0n) is 17.2. The van der Waals surface area contributed by atoms with Gasteiger partial charge in [0.2, 0.25) is 5.88 Å². The molecule has 0 radical (unpaired) electrons. The molecule has 1 heterocycles. The van der Waals surface area contributed by atoms with Crippen molar-refractivity contribution in [1.82, 2.24) is 15.1 Å². The summed E-state index contributed by atoms with van der Waals surface area (Å²) in [6.07, 6.45) is 5.36. The fraction of sp³-hybridized carbons (Fsp3) is 0.750. The number of aliphatic carboxylic acids is 1. The normalized spacial score (nSPS) is 28.6. The van der Waals surface area contributed by atoms with Crippen LogP contribution in [0.2, 0.25) is 0 Å². The first-order chi connectivity index (χ1) is 14.3.